The Hall–Kier alpha value is -4.82. The number of allylic oxidation sites excluding steroid dienone is 2. The quantitative estimate of drug-likeness (QED) is 0.274. The summed E-state index contributed by atoms with van der Waals surface area (Å²) in [7, 11) is 1.55. The van der Waals surface area contributed by atoms with Gasteiger partial charge in [0.1, 0.15) is 5.82 Å². The monoisotopic (exact) mass is 503 g/mol. The highest BCUT2D eigenvalue weighted by Gasteiger charge is 2.14. The van der Waals surface area contributed by atoms with E-state index < -0.39 is 0 Å². The molecule has 0 aliphatic rings. The van der Waals surface area contributed by atoms with E-state index in [9.17, 15) is 0 Å². The average molecular weight is 504 g/mol. The molecular weight excluding hydrogens is 474 g/mol. The first kappa shape index (κ1) is 24.9. The molecule has 38 heavy (non-hydrogen) atoms. The number of ether oxygens (including phenoxy) is 1. The largest absolute Gasteiger partial charge is 0.467 e. The van der Waals surface area contributed by atoms with E-state index in [1.54, 1.807) is 19.5 Å². The fraction of sp³-hybridized carbons (Fsp3) is 0.133. The molecule has 3 aromatic heterocycles. The van der Waals surface area contributed by atoms with Gasteiger partial charge in [0, 0.05) is 48.5 Å². The molecule has 0 unspecified atom stereocenters. The number of nitrogens with two attached hydrogens (primary N) is 1. The molecule has 0 spiro atoms. The smallest absolute Gasteiger partial charge is 0.316 e. The molecule has 0 aliphatic heterocycles. The van der Waals surface area contributed by atoms with Crippen molar-refractivity contribution in [2.24, 2.45) is 0 Å². The van der Waals surface area contributed by atoms with Gasteiger partial charge in [0.15, 0.2) is 5.65 Å². The number of pyridine rings is 1. The number of benzene rings is 2. The zero-order valence-electron chi connectivity index (χ0n) is 21.4. The lowest BCUT2D eigenvalue weighted by Gasteiger charge is -2.14. The lowest BCUT2D eigenvalue weighted by atomic mass is 9.91. The van der Waals surface area contributed by atoms with Crippen molar-refractivity contribution in [2.75, 3.05) is 12.8 Å². The molecule has 3 N–H and O–H groups in total. The zero-order chi connectivity index (χ0) is 26.5. The van der Waals surface area contributed by atoms with E-state index in [1.165, 1.54) is 0 Å². The standard InChI is InChI=1S/C30H29N7O/c1-20(24-11-9-22(10-12-24)16-32-17-23-18-33-30(38-3)34-19-23)26(25-7-5-4-6-8-25)15-27-28(31)13-14-37-21(2)35-36-29(27)37/h4-15,18-19,32H,1,16-17,31H2,2-3H3/b26-15+. The summed E-state index contributed by atoms with van der Waals surface area (Å²) in [5.74, 6) is 0.804. The van der Waals surface area contributed by atoms with Crippen molar-refractivity contribution in [1.29, 1.82) is 0 Å². The summed E-state index contributed by atoms with van der Waals surface area (Å²) in [6, 6.07) is 20.8. The second kappa shape index (κ2) is 11.1. The second-order valence-electron chi connectivity index (χ2n) is 8.91. The zero-order valence-corrected chi connectivity index (χ0v) is 21.4. The lowest BCUT2D eigenvalue weighted by Crippen LogP contribution is -2.13. The van der Waals surface area contributed by atoms with Crippen molar-refractivity contribution < 1.29 is 4.74 Å². The predicted molar refractivity (Wildman–Crippen MR) is 151 cm³/mol. The number of rotatable bonds is 9. The summed E-state index contributed by atoms with van der Waals surface area (Å²) in [6.07, 6.45) is 7.47. The van der Waals surface area contributed by atoms with Crippen LogP contribution in [0.4, 0.5) is 5.69 Å². The Morgan fingerprint density at radius 3 is 2.37 bits per heavy atom. The maximum Gasteiger partial charge on any atom is 0.316 e. The van der Waals surface area contributed by atoms with E-state index >= 15 is 0 Å². The molecule has 190 valence electrons. The number of nitrogens with one attached hydrogen (secondary N) is 1. The minimum Gasteiger partial charge on any atom is -0.467 e. The lowest BCUT2D eigenvalue weighted by molar-refractivity contribution is 0.379. The van der Waals surface area contributed by atoms with Gasteiger partial charge in [0.05, 0.1) is 7.11 Å². The van der Waals surface area contributed by atoms with Gasteiger partial charge in [-0.3, -0.25) is 4.40 Å². The highest BCUT2D eigenvalue weighted by molar-refractivity contribution is 6.11. The first-order valence-electron chi connectivity index (χ1n) is 12.2. The Labute approximate surface area is 221 Å². The van der Waals surface area contributed by atoms with Crippen LogP contribution in [-0.4, -0.2) is 31.7 Å². The van der Waals surface area contributed by atoms with Crippen molar-refractivity contribution in [1.82, 2.24) is 29.9 Å². The van der Waals surface area contributed by atoms with Crippen molar-refractivity contribution in [3.63, 3.8) is 0 Å². The van der Waals surface area contributed by atoms with Crippen LogP contribution in [0.5, 0.6) is 6.01 Å². The molecule has 2 aromatic carbocycles. The van der Waals surface area contributed by atoms with Crippen LogP contribution in [0.3, 0.4) is 0 Å². The molecule has 3 heterocycles. The van der Waals surface area contributed by atoms with Crippen LogP contribution in [0.25, 0.3) is 22.9 Å². The minimum atomic E-state index is 0.365. The Morgan fingerprint density at radius 2 is 1.66 bits per heavy atom. The third-order valence-corrected chi connectivity index (χ3v) is 6.34. The second-order valence-corrected chi connectivity index (χ2v) is 8.91. The van der Waals surface area contributed by atoms with Gasteiger partial charge < -0.3 is 15.8 Å². The average Bonchev–Trinajstić information content (AvgIpc) is 3.34. The first-order valence-corrected chi connectivity index (χ1v) is 12.2. The van der Waals surface area contributed by atoms with Crippen molar-refractivity contribution in [3.8, 4) is 6.01 Å². The van der Waals surface area contributed by atoms with Crippen LogP contribution in [-0.2, 0) is 13.1 Å². The van der Waals surface area contributed by atoms with Gasteiger partial charge in [-0.2, -0.15) is 0 Å². The minimum absolute atomic E-state index is 0.365. The number of hydrogen-bond acceptors (Lipinski definition) is 7. The van der Waals surface area contributed by atoms with E-state index in [2.05, 4.69) is 74.5 Å². The highest BCUT2D eigenvalue weighted by Crippen LogP contribution is 2.34. The van der Waals surface area contributed by atoms with Crippen molar-refractivity contribution in [2.45, 2.75) is 20.0 Å². The Morgan fingerprint density at radius 1 is 0.947 bits per heavy atom. The summed E-state index contributed by atoms with van der Waals surface area (Å²) in [6.45, 7) is 7.76. The topological polar surface area (TPSA) is 103 Å². The van der Waals surface area contributed by atoms with Crippen LogP contribution in [0, 0.1) is 6.92 Å². The normalized spacial score (nSPS) is 11.6. The fourth-order valence-corrected chi connectivity index (χ4v) is 4.23. The van der Waals surface area contributed by atoms with Crippen LogP contribution >= 0.6 is 0 Å². The van der Waals surface area contributed by atoms with Gasteiger partial charge in [0.2, 0.25) is 0 Å². The summed E-state index contributed by atoms with van der Waals surface area (Å²) < 4.78 is 6.95. The van der Waals surface area contributed by atoms with Gasteiger partial charge in [0.25, 0.3) is 0 Å². The van der Waals surface area contributed by atoms with Gasteiger partial charge in [-0.05, 0) is 46.9 Å². The SMILES string of the molecule is C=C(/C(=C\c1c(N)ccn2c(C)nnc12)c1ccccc1)c1ccc(CNCc2cnc(OC)nc2)cc1. The molecule has 5 rings (SSSR count). The molecule has 0 atom stereocenters. The maximum absolute atomic E-state index is 6.41. The van der Waals surface area contributed by atoms with Gasteiger partial charge in [-0.1, -0.05) is 61.2 Å². The van der Waals surface area contributed by atoms with Gasteiger partial charge in [-0.25, -0.2) is 9.97 Å². The number of methoxy groups -OCH3 is 1. The van der Waals surface area contributed by atoms with Crippen LogP contribution in [0.1, 0.15) is 33.6 Å². The first-order chi connectivity index (χ1) is 18.5. The maximum atomic E-state index is 6.41. The van der Waals surface area contributed by atoms with Crippen molar-refractivity contribution >= 4 is 28.6 Å². The molecule has 0 radical (unpaired) electrons. The molecule has 0 saturated heterocycles. The number of hydrogen-bond donors (Lipinski definition) is 2. The number of nitrogens with zero attached hydrogens (tertiary/aromatic N) is 5. The van der Waals surface area contributed by atoms with E-state index in [0.717, 1.165) is 44.8 Å². The number of anilines is 1. The van der Waals surface area contributed by atoms with Crippen LogP contribution in [0.2, 0.25) is 0 Å². The highest BCUT2D eigenvalue weighted by atomic mass is 16.5. The summed E-state index contributed by atoms with van der Waals surface area (Å²) in [4.78, 5) is 8.29. The van der Waals surface area contributed by atoms with E-state index in [4.69, 9.17) is 10.5 Å². The molecular formula is C30H29N7O. The number of nitrogen functional groups attached to an aromatic ring is 1. The van der Waals surface area contributed by atoms with E-state index in [0.29, 0.717) is 30.4 Å². The molecule has 0 aliphatic carbocycles. The Bertz CT molecular complexity index is 1590. The predicted octanol–water partition coefficient (Wildman–Crippen LogP) is 4.96. The summed E-state index contributed by atoms with van der Waals surface area (Å²) in [5.41, 5.74) is 14.7. The third-order valence-electron chi connectivity index (χ3n) is 6.34. The fourth-order valence-electron chi connectivity index (χ4n) is 4.23. The third kappa shape index (κ3) is 5.30. The van der Waals surface area contributed by atoms with Crippen LogP contribution < -0.4 is 15.8 Å². The van der Waals surface area contributed by atoms with E-state index in [1.807, 2.05) is 41.8 Å². The van der Waals surface area contributed by atoms with Crippen LogP contribution in [0.15, 0.2) is 85.8 Å². The summed E-state index contributed by atoms with van der Waals surface area (Å²) >= 11 is 0. The molecule has 5 aromatic rings. The molecule has 0 fully saturated rings. The molecule has 0 bridgehead atoms. The summed E-state index contributed by atoms with van der Waals surface area (Å²) in [5, 5.41) is 12.0. The Kier molecular flexibility index (Phi) is 7.24. The molecule has 0 saturated carbocycles. The molecule has 8 nitrogen and oxygen atoms in total. The molecule has 0 amide bonds. The van der Waals surface area contributed by atoms with Gasteiger partial charge in [-0.15, -0.1) is 10.2 Å². The number of aryl methyl sites for hydroxylation is 1. The molecule has 8 heteroatoms. The number of fused-ring (bicyclic) bond motifs is 1. The van der Waals surface area contributed by atoms with Crippen molar-refractivity contribution in [3.05, 3.63) is 119 Å². The van der Waals surface area contributed by atoms with E-state index in [-0.39, 0.29) is 0 Å². The van der Waals surface area contributed by atoms with Gasteiger partial charge >= 0.3 is 6.01 Å². The Balaban J connectivity index is 1.38. The number of aromatic nitrogens is 5.